The van der Waals surface area contributed by atoms with Gasteiger partial charge in [0.2, 0.25) is 10.0 Å². The summed E-state index contributed by atoms with van der Waals surface area (Å²) in [5.74, 6) is -0.695. The smallest absolute Gasteiger partial charge is 0.328 e. The molecule has 0 aliphatic rings. The molecule has 0 bridgehead atoms. The Hall–Kier alpha value is -1.88. The molecule has 0 heterocycles. The van der Waals surface area contributed by atoms with Gasteiger partial charge in [0, 0.05) is 0 Å². The highest BCUT2D eigenvalue weighted by Gasteiger charge is 2.24. The molecule has 1 N–H and O–H groups in total. The second kappa shape index (κ2) is 7.05. The molecule has 1 aromatic carbocycles. The molecular formula is C14H17NO4S. The van der Waals surface area contributed by atoms with Crippen LogP contribution in [0.15, 0.2) is 47.5 Å². The van der Waals surface area contributed by atoms with E-state index in [1.165, 1.54) is 18.2 Å². The molecule has 1 rings (SSSR count). The van der Waals surface area contributed by atoms with Gasteiger partial charge in [-0.2, -0.15) is 4.72 Å². The van der Waals surface area contributed by atoms with Crippen molar-refractivity contribution < 1.29 is 17.9 Å². The van der Waals surface area contributed by atoms with Crippen LogP contribution in [-0.4, -0.2) is 27.0 Å². The van der Waals surface area contributed by atoms with Crippen LogP contribution in [0, 0.1) is 6.92 Å². The van der Waals surface area contributed by atoms with E-state index in [9.17, 15) is 13.2 Å². The van der Waals surface area contributed by atoms with Crippen LogP contribution in [0.4, 0.5) is 0 Å². The Balaban J connectivity index is 3.00. The van der Waals surface area contributed by atoms with Crippen molar-refractivity contribution in [2.45, 2.75) is 24.8 Å². The van der Waals surface area contributed by atoms with Gasteiger partial charge in [-0.1, -0.05) is 24.3 Å². The molecule has 108 valence electrons. The van der Waals surface area contributed by atoms with Crippen molar-refractivity contribution in [3.63, 3.8) is 0 Å². The predicted octanol–water partition coefficient (Wildman–Crippen LogP) is 1.55. The minimum atomic E-state index is -3.81. The normalized spacial score (nSPS) is 12.3. The maximum Gasteiger partial charge on any atom is 0.328 e. The van der Waals surface area contributed by atoms with Gasteiger partial charge in [0.15, 0.2) is 0 Å². The summed E-state index contributed by atoms with van der Waals surface area (Å²) in [6, 6.07) is 5.16. The van der Waals surface area contributed by atoms with Gasteiger partial charge in [0.05, 0.1) is 11.5 Å². The zero-order valence-electron chi connectivity index (χ0n) is 11.4. The highest BCUT2D eigenvalue weighted by Crippen LogP contribution is 2.11. The number of rotatable bonds is 6. The second-order valence-corrected chi connectivity index (χ2v) is 5.75. The number of carbonyl (C=O) groups is 1. The van der Waals surface area contributed by atoms with Crippen LogP contribution in [0.25, 0.3) is 0 Å². The highest BCUT2D eigenvalue weighted by atomic mass is 32.2. The Morgan fingerprint density at radius 1 is 1.45 bits per heavy atom. The van der Waals surface area contributed by atoms with Gasteiger partial charge in [0.25, 0.3) is 0 Å². The second-order valence-electron chi connectivity index (χ2n) is 4.03. The van der Waals surface area contributed by atoms with Crippen molar-refractivity contribution in [1.82, 2.24) is 4.72 Å². The quantitative estimate of drug-likeness (QED) is 0.638. The first-order chi connectivity index (χ1) is 9.40. The fourth-order valence-electron chi connectivity index (χ4n) is 1.45. The lowest BCUT2D eigenvalue weighted by Crippen LogP contribution is -2.40. The zero-order chi connectivity index (χ0) is 15.2. The number of hydrogen-bond donors (Lipinski definition) is 1. The maximum absolute atomic E-state index is 12.2. The molecule has 0 spiro atoms. The predicted molar refractivity (Wildman–Crippen MR) is 75.6 cm³/mol. The van der Waals surface area contributed by atoms with E-state index in [2.05, 4.69) is 17.0 Å². The molecule has 0 aliphatic heterocycles. The van der Waals surface area contributed by atoms with Crippen LogP contribution in [0.5, 0.6) is 0 Å². The van der Waals surface area contributed by atoms with Gasteiger partial charge in [-0.05, 0) is 32.1 Å². The van der Waals surface area contributed by atoms with E-state index in [1.54, 1.807) is 19.1 Å². The summed E-state index contributed by atoms with van der Waals surface area (Å²) in [5.41, 5.74) is 3.33. The highest BCUT2D eigenvalue weighted by molar-refractivity contribution is 7.89. The summed E-state index contributed by atoms with van der Waals surface area (Å²) in [5, 5.41) is 0. The van der Waals surface area contributed by atoms with Crippen LogP contribution in [0.3, 0.4) is 0 Å². The van der Waals surface area contributed by atoms with Crippen LogP contribution in [-0.2, 0) is 19.6 Å². The summed E-state index contributed by atoms with van der Waals surface area (Å²) in [7, 11) is -3.81. The third-order valence-corrected chi connectivity index (χ3v) is 3.90. The van der Waals surface area contributed by atoms with Crippen LogP contribution < -0.4 is 4.72 Å². The lowest BCUT2D eigenvalue weighted by Gasteiger charge is -2.13. The van der Waals surface area contributed by atoms with Gasteiger partial charge in [0.1, 0.15) is 6.04 Å². The van der Waals surface area contributed by atoms with Crippen molar-refractivity contribution in [2.24, 2.45) is 0 Å². The SMILES string of the molecule is C=C=CC(NS(=O)(=O)c1ccc(C)cc1)C(=O)OCC. The third-order valence-electron chi connectivity index (χ3n) is 2.44. The molecule has 0 saturated heterocycles. The zero-order valence-corrected chi connectivity index (χ0v) is 12.2. The number of esters is 1. The van der Waals surface area contributed by atoms with Crippen molar-refractivity contribution >= 4 is 16.0 Å². The van der Waals surface area contributed by atoms with Gasteiger partial charge in [-0.15, -0.1) is 5.73 Å². The number of benzene rings is 1. The van der Waals surface area contributed by atoms with Crippen molar-refractivity contribution in [1.29, 1.82) is 0 Å². The van der Waals surface area contributed by atoms with E-state index in [0.29, 0.717) is 0 Å². The average Bonchev–Trinajstić information content (AvgIpc) is 2.39. The standard InChI is InChI=1S/C14H17NO4S/c1-4-6-13(14(16)19-5-2)15-20(17,18)12-9-7-11(3)8-10-12/h6-10,13,15H,1,5H2,2-3H3. The molecule has 1 unspecified atom stereocenters. The number of sulfonamides is 1. The molecular weight excluding hydrogens is 278 g/mol. The van der Waals surface area contributed by atoms with Crippen molar-refractivity contribution in [3.8, 4) is 0 Å². The fourth-order valence-corrected chi connectivity index (χ4v) is 2.58. The van der Waals surface area contributed by atoms with E-state index in [4.69, 9.17) is 4.74 Å². The molecule has 0 fully saturated rings. The number of nitrogens with one attached hydrogen (secondary N) is 1. The Morgan fingerprint density at radius 3 is 2.55 bits per heavy atom. The minimum Gasteiger partial charge on any atom is -0.465 e. The first kappa shape index (κ1) is 16.2. The first-order valence-corrected chi connectivity index (χ1v) is 7.50. The Kier molecular flexibility index (Phi) is 5.70. The molecule has 6 heteroatoms. The first-order valence-electron chi connectivity index (χ1n) is 6.02. The molecule has 0 amide bonds. The summed E-state index contributed by atoms with van der Waals surface area (Å²) in [6.45, 7) is 6.99. The fraction of sp³-hybridized carbons (Fsp3) is 0.286. The monoisotopic (exact) mass is 295 g/mol. The number of carbonyl (C=O) groups excluding carboxylic acids is 1. The van der Waals surface area contributed by atoms with E-state index in [0.717, 1.165) is 5.56 Å². The lowest BCUT2D eigenvalue weighted by atomic mass is 10.2. The Morgan fingerprint density at radius 2 is 2.05 bits per heavy atom. The van der Waals surface area contributed by atoms with E-state index < -0.39 is 22.0 Å². The molecule has 0 aromatic heterocycles. The minimum absolute atomic E-state index is 0.0786. The largest absolute Gasteiger partial charge is 0.465 e. The summed E-state index contributed by atoms with van der Waals surface area (Å²) < 4.78 is 31.3. The number of aryl methyl sites for hydroxylation is 1. The van der Waals surface area contributed by atoms with E-state index in [1.807, 2.05) is 6.92 Å². The molecule has 5 nitrogen and oxygen atoms in total. The maximum atomic E-state index is 12.2. The Bertz CT molecular complexity index is 613. The molecule has 20 heavy (non-hydrogen) atoms. The van der Waals surface area contributed by atoms with E-state index >= 15 is 0 Å². The number of hydrogen-bond acceptors (Lipinski definition) is 4. The van der Waals surface area contributed by atoms with Crippen LogP contribution in [0.1, 0.15) is 12.5 Å². The summed E-state index contributed by atoms with van der Waals surface area (Å²) in [6.07, 6.45) is 1.21. The molecule has 0 aliphatic carbocycles. The molecule has 1 aromatic rings. The molecule has 0 saturated carbocycles. The van der Waals surface area contributed by atoms with Crippen molar-refractivity contribution in [3.05, 3.63) is 48.2 Å². The van der Waals surface area contributed by atoms with Gasteiger partial charge >= 0.3 is 5.97 Å². The van der Waals surface area contributed by atoms with Gasteiger partial charge in [-0.25, -0.2) is 13.2 Å². The topological polar surface area (TPSA) is 72.5 Å². The molecule has 1 atom stereocenters. The summed E-state index contributed by atoms with van der Waals surface area (Å²) >= 11 is 0. The number of ether oxygens (including phenoxy) is 1. The van der Waals surface area contributed by atoms with Crippen LogP contribution in [0.2, 0.25) is 0 Å². The van der Waals surface area contributed by atoms with Crippen molar-refractivity contribution in [2.75, 3.05) is 6.61 Å². The van der Waals surface area contributed by atoms with E-state index in [-0.39, 0.29) is 11.5 Å². The lowest BCUT2D eigenvalue weighted by molar-refractivity contribution is -0.143. The summed E-state index contributed by atoms with van der Waals surface area (Å²) in [4.78, 5) is 11.7. The third kappa shape index (κ3) is 4.35. The van der Waals surface area contributed by atoms with Gasteiger partial charge in [-0.3, -0.25) is 0 Å². The van der Waals surface area contributed by atoms with Gasteiger partial charge < -0.3 is 4.74 Å². The Labute approximate surface area is 119 Å². The van der Waals surface area contributed by atoms with Crippen LogP contribution >= 0.6 is 0 Å². The average molecular weight is 295 g/mol. The molecule has 0 radical (unpaired) electrons.